The van der Waals surface area contributed by atoms with Crippen LogP contribution in [0.1, 0.15) is 98.8 Å². The van der Waals surface area contributed by atoms with Crippen LogP contribution in [0.15, 0.2) is 262 Å². The molecule has 0 aliphatic carbocycles. The largest absolute Gasteiger partial charge is 0.493 e. The number of nitrogens with two attached hydrogens (primary N) is 5. The lowest BCUT2D eigenvalue weighted by Gasteiger charge is -2.23. The number of hydrogen-bond acceptors (Lipinski definition) is 32. The summed E-state index contributed by atoms with van der Waals surface area (Å²) in [5.74, 6) is -0.148. The predicted molar refractivity (Wildman–Crippen MR) is 553 cm³/mol. The lowest BCUT2D eigenvalue weighted by molar-refractivity contribution is 0.0946. The lowest BCUT2D eigenvalue weighted by atomic mass is 10.1. The van der Waals surface area contributed by atoms with Crippen molar-refractivity contribution in [2.24, 2.45) is 0 Å². The van der Waals surface area contributed by atoms with E-state index in [1.807, 2.05) is 213 Å². The van der Waals surface area contributed by atoms with Gasteiger partial charge in [-0.25, -0.2) is 49.8 Å². The molecule has 0 spiro atoms. The number of para-hydroxylation sites is 9. The van der Waals surface area contributed by atoms with Crippen molar-refractivity contribution < 1.29 is 47.8 Å². The van der Waals surface area contributed by atoms with Crippen molar-refractivity contribution in [3.05, 3.63) is 302 Å². The second-order valence-electron chi connectivity index (χ2n) is 33.3. The molecule has 0 unspecified atom stereocenters. The van der Waals surface area contributed by atoms with Crippen molar-refractivity contribution in [1.82, 2.24) is 70.4 Å². The molecule has 17 N–H and O–H groups in total. The molecule has 0 saturated carbocycles. The summed E-state index contributed by atoms with van der Waals surface area (Å²) in [4.78, 5) is 151. The second kappa shape index (κ2) is 45.4. The number of nitrogen functional groups attached to an aromatic ring is 5. The van der Waals surface area contributed by atoms with Crippen molar-refractivity contribution in [3.8, 4) is 73.5 Å². The van der Waals surface area contributed by atoms with Gasteiger partial charge in [0.25, 0.3) is 41.4 Å². The number of benzene rings is 8. The number of anilines is 15. The van der Waals surface area contributed by atoms with E-state index >= 15 is 0 Å². The number of carbonyl (C=O) groups is 7. The number of hydrogen-bond donors (Lipinski definition) is 12. The maximum Gasteiger partial charge on any atom is 0.278 e. The molecule has 8 aromatic carbocycles. The fourth-order valence-corrected chi connectivity index (χ4v) is 15.9. The Morgan fingerprint density at radius 2 is 0.566 bits per heavy atom. The topological polar surface area (TPSA) is 532 Å². The van der Waals surface area contributed by atoms with Crippen LogP contribution in [0.25, 0.3) is 56.3 Å². The maximum atomic E-state index is 13.0. The number of rotatable bonds is 0. The first-order valence-corrected chi connectivity index (χ1v) is 45.8. The predicted octanol–water partition coefficient (Wildman–Crippen LogP) is 13.1. The van der Waals surface area contributed by atoms with Gasteiger partial charge in [-0.15, -0.1) is 0 Å². The smallest absolute Gasteiger partial charge is 0.278 e. The zero-order valence-corrected chi connectivity index (χ0v) is 78.8. The molecule has 14 bridgehead atoms. The Hall–Kier alpha value is -18.8. The van der Waals surface area contributed by atoms with Crippen molar-refractivity contribution in [1.29, 1.82) is 0 Å². The first-order chi connectivity index (χ1) is 69.4. The van der Waals surface area contributed by atoms with Gasteiger partial charge in [-0.1, -0.05) is 97.1 Å². The molecule has 39 nitrogen and oxygen atoms in total. The minimum absolute atomic E-state index is 0.0321. The molecule has 12 heterocycles. The SMILES string of the molecule is CN1CCCCOc2ccccc2-c2cnc(N)c(n2)C(=O)Nc2cnccc21.CN1CCCNC(=O)c2cccc(c2)-c2cnc(N)c(n2)C(=O)Nc2ccccc21.CN1CCCOc2ccccc2-c2cnc(N)c(n2)C(=O)Nc2cnccc21.CN1CCNC(=O)c2cccc(c2)-c2cnc(N)c(n2)C(=O)Nc2ccccc21.CN1CCOc2ccccc2-c2cnc(N)c(n2)C(=O)Nc2ccccc21. The number of nitrogens with one attached hydrogen (secondary N) is 7. The Balaban J connectivity index is 0.000000128. The molecule has 724 valence electrons. The highest BCUT2D eigenvalue weighted by molar-refractivity contribution is 6.11. The summed E-state index contributed by atoms with van der Waals surface area (Å²) < 4.78 is 18.0. The molecule has 39 heteroatoms. The van der Waals surface area contributed by atoms with E-state index in [1.54, 1.807) is 91.9 Å². The number of nitrogens with zero attached hydrogens (tertiary/aromatic N) is 17. The van der Waals surface area contributed by atoms with Crippen LogP contribution in [0.5, 0.6) is 17.2 Å². The Labute approximate surface area is 822 Å². The summed E-state index contributed by atoms with van der Waals surface area (Å²) in [5.41, 5.74) is 44.5. The number of aromatic nitrogens is 12. The van der Waals surface area contributed by atoms with Crippen LogP contribution >= 0.6 is 0 Å². The summed E-state index contributed by atoms with van der Waals surface area (Å²) in [5, 5.41) is 20.3. The van der Waals surface area contributed by atoms with Crippen LogP contribution in [0.2, 0.25) is 0 Å². The van der Waals surface area contributed by atoms with Crippen molar-refractivity contribution in [3.63, 3.8) is 0 Å². The highest BCUT2D eigenvalue weighted by Crippen LogP contribution is 2.38. The zero-order chi connectivity index (χ0) is 100.0. The molecule has 0 radical (unpaired) electrons. The number of carbonyl (C=O) groups excluding carboxylic acids is 7. The van der Waals surface area contributed by atoms with Gasteiger partial charge in [-0.2, -0.15) is 0 Å². The van der Waals surface area contributed by atoms with Crippen LogP contribution in [0, 0.1) is 0 Å². The third-order valence-electron chi connectivity index (χ3n) is 23.4. The van der Waals surface area contributed by atoms with Crippen LogP contribution in [-0.4, -0.2) is 202 Å². The van der Waals surface area contributed by atoms with Gasteiger partial charge in [-0.3, -0.25) is 43.5 Å². The molecule has 0 fully saturated rings. The fraction of sp³-hybridized carbons (Fsp3) is 0.183. The normalized spacial score (nSPS) is 14.2. The van der Waals surface area contributed by atoms with E-state index < -0.39 is 29.5 Å². The monoisotopic (exact) mass is 1920 g/mol. The van der Waals surface area contributed by atoms with Crippen molar-refractivity contribution in [2.45, 2.75) is 25.7 Å². The van der Waals surface area contributed by atoms with E-state index in [0.29, 0.717) is 149 Å². The molecule has 20 rings (SSSR count). The minimum atomic E-state index is -0.446. The number of likely N-dealkylation sites (N-methyl/N-ethyl adjacent to an activating group) is 2. The summed E-state index contributed by atoms with van der Waals surface area (Å²) >= 11 is 0. The van der Waals surface area contributed by atoms with Gasteiger partial charge in [0, 0.05) is 126 Å². The van der Waals surface area contributed by atoms with Crippen LogP contribution in [-0.2, 0) is 0 Å². The Morgan fingerprint density at radius 3 is 0.972 bits per heavy atom. The van der Waals surface area contributed by atoms with Crippen molar-refractivity contribution >= 4 is 127 Å². The first kappa shape index (κ1) is 97.2. The minimum Gasteiger partial charge on any atom is -0.493 e. The molecular formula is C104H103N29O10. The van der Waals surface area contributed by atoms with Gasteiger partial charge in [0.2, 0.25) is 0 Å². The molecule has 143 heavy (non-hydrogen) atoms. The molecule has 0 saturated heterocycles. The molecule has 15 aromatic rings. The molecule has 0 atom stereocenters. The average molecular weight is 1920 g/mol. The second-order valence-corrected chi connectivity index (χ2v) is 33.3. The quantitative estimate of drug-likeness (QED) is 0.0671. The molecule has 7 aromatic heterocycles. The zero-order valence-electron chi connectivity index (χ0n) is 78.8. The summed E-state index contributed by atoms with van der Waals surface area (Å²) in [6, 6.07) is 62.9. The highest BCUT2D eigenvalue weighted by Gasteiger charge is 2.28. The van der Waals surface area contributed by atoms with Gasteiger partial charge in [0.05, 0.1) is 148 Å². The van der Waals surface area contributed by atoms with Crippen LogP contribution in [0.3, 0.4) is 0 Å². The van der Waals surface area contributed by atoms with Gasteiger partial charge >= 0.3 is 0 Å². The Bertz CT molecular complexity index is 7240. The number of ether oxygens (including phenoxy) is 3. The average Bonchev–Trinajstić information content (AvgIpc) is 1.55. The molecule has 7 amide bonds. The van der Waals surface area contributed by atoms with E-state index in [4.69, 9.17) is 42.9 Å². The Kier molecular flexibility index (Phi) is 30.9. The number of pyridine rings is 2. The van der Waals surface area contributed by atoms with Crippen molar-refractivity contribution in [2.75, 3.05) is 181 Å². The summed E-state index contributed by atoms with van der Waals surface area (Å²) in [6.45, 7) is 6.06. The third kappa shape index (κ3) is 23.7. The summed E-state index contributed by atoms with van der Waals surface area (Å²) in [7, 11) is 9.72. The highest BCUT2D eigenvalue weighted by atomic mass is 16.5. The van der Waals surface area contributed by atoms with Crippen LogP contribution < -0.4 is 105 Å². The third-order valence-corrected chi connectivity index (χ3v) is 23.4. The van der Waals surface area contributed by atoms with E-state index in [9.17, 15) is 33.6 Å². The van der Waals surface area contributed by atoms with E-state index in [0.717, 1.165) is 83.9 Å². The number of fused-ring (bicyclic) bond motifs is 27. The van der Waals surface area contributed by atoms with E-state index in [1.165, 1.54) is 12.4 Å². The maximum absolute atomic E-state index is 13.0. The Morgan fingerprint density at radius 1 is 0.266 bits per heavy atom. The molecular weight excluding hydrogens is 1820 g/mol. The van der Waals surface area contributed by atoms with E-state index in [2.05, 4.69) is 102 Å². The van der Waals surface area contributed by atoms with Gasteiger partial charge < -0.3 is 105 Å². The summed E-state index contributed by atoms with van der Waals surface area (Å²) in [6.07, 6.45) is 17.6. The number of amides is 7. The lowest BCUT2D eigenvalue weighted by Crippen LogP contribution is -2.33. The first-order valence-electron chi connectivity index (χ1n) is 45.8. The fourth-order valence-electron chi connectivity index (χ4n) is 15.9. The van der Waals surface area contributed by atoms with Crippen LogP contribution in [0.4, 0.5) is 86.0 Å². The van der Waals surface area contributed by atoms with Gasteiger partial charge in [0.15, 0.2) is 57.6 Å². The standard InChI is InChI=1S/C22H22N6O2.C21H20N6O2.C21H22N6O2.C20H20N6O2.C20H19N5O2/c1-28-11-5-10-24-21(29)15-7-4-6-14(12-15)17-13-25-20(23)19(26-17)22(30)27-16-8-2-3-9-18(16)28;1-27-10-9-23-20(28)14-6-4-5-13(11-14)16-12-24-19(22)18(25-16)21(29)26-15-7-2-3-8-17(15)27;1-27-10-4-5-11-29-18-7-3-2-6-14(18)15-13-24-20(22)19(25-15)21(28)26-16-12-23-9-8-17(16)27;1-26-9-4-10-28-17-6-3-2-5-13(17)14-12-23-19(21)18(24-14)20(27)25-15-11-22-8-7-16(15)26;1-25-10-11-27-17-9-5-2-6-13(17)15-12-22-19(21)18(23-15)20(26)24-14-7-3-4-8-16(14)25/h2-4,6-9,12-13H,5,10-11H2,1H3,(H2,23,25)(H,24,29)(H,27,30);2-8,11-12H,9-10H2,1H3,(H2,22,24)(H,23,28)(H,26,29);2-3,6-9,12-13H,4-5,10-11H2,1H3,(H2,22,24)(H,26,28);2-3,5-8,11-12H,4,9-10H2,1H3,(H2,21,23)(H,25,27);2-9,12H,10-11H2,1H3,(H2,21,22)(H,24,26). The molecule has 5 aliphatic heterocycles. The van der Waals surface area contributed by atoms with Gasteiger partial charge in [-0.05, 0) is 135 Å². The molecule has 5 aliphatic rings. The van der Waals surface area contributed by atoms with E-state index in [-0.39, 0.29) is 69.4 Å². The van der Waals surface area contributed by atoms with Gasteiger partial charge in [0.1, 0.15) is 23.9 Å².